The molecule has 2 heterocycles. The van der Waals surface area contributed by atoms with Gasteiger partial charge in [-0.3, -0.25) is 0 Å². The van der Waals surface area contributed by atoms with Crippen LogP contribution in [0.25, 0.3) is 5.52 Å². The minimum absolute atomic E-state index is 0.378. The Hall–Kier alpha value is -1.29. The number of hydrogen-bond donors (Lipinski definition) is 1. The van der Waals surface area contributed by atoms with Gasteiger partial charge in [-0.1, -0.05) is 0 Å². The van der Waals surface area contributed by atoms with Crippen LogP contribution in [0.4, 0.5) is 5.82 Å². The summed E-state index contributed by atoms with van der Waals surface area (Å²) >= 11 is 5.97. The first-order valence-electron chi connectivity index (χ1n) is 5.91. The maximum atomic E-state index is 5.97. The Morgan fingerprint density at radius 1 is 1.53 bits per heavy atom. The Labute approximate surface area is 105 Å². The van der Waals surface area contributed by atoms with Crippen molar-refractivity contribution in [2.45, 2.75) is 25.1 Å². The van der Waals surface area contributed by atoms with Crippen LogP contribution in [-0.2, 0) is 0 Å². The number of hydrogen-bond acceptors (Lipinski definition) is 3. The van der Waals surface area contributed by atoms with Crippen LogP contribution < -0.4 is 5.32 Å². The van der Waals surface area contributed by atoms with Gasteiger partial charge >= 0.3 is 0 Å². The number of halogens is 1. The van der Waals surface area contributed by atoms with Gasteiger partial charge in [-0.05, 0) is 31.7 Å². The molecular formula is C12H15ClN4. The molecule has 0 aromatic carbocycles. The van der Waals surface area contributed by atoms with E-state index in [9.17, 15) is 0 Å². The summed E-state index contributed by atoms with van der Waals surface area (Å²) in [6, 6.07) is 2.04. The molecule has 5 heteroatoms. The molecule has 0 unspecified atom stereocenters. The van der Waals surface area contributed by atoms with Crippen molar-refractivity contribution in [2.24, 2.45) is 5.92 Å². The van der Waals surface area contributed by atoms with Crippen LogP contribution in [-0.4, -0.2) is 26.5 Å². The lowest BCUT2D eigenvalue weighted by Gasteiger charge is -2.31. The van der Waals surface area contributed by atoms with E-state index >= 15 is 0 Å². The molecule has 1 aliphatic rings. The molecule has 0 aliphatic heterocycles. The van der Waals surface area contributed by atoms with Gasteiger partial charge in [0, 0.05) is 24.3 Å². The Morgan fingerprint density at radius 2 is 2.35 bits per heavy atom. The van der Waals surface area contributed by atoms with Crippen LogP contribution in [0.2, 0.25) is 0 Å². The summed E-state index contributed by atoms with van der Waals surface area (Å²) < 4.78 is 1.86. The van der Waals surface area contributed by atoms with Gasteiger partial charge in [0.15, 0.2) is 5.82 Å². The third-order valence-corrected chi connectivity index (χ3v) is 3.60. The van der Waals surface area contributed by atoms with Gasteiger partial charge in [0.1, 0.15) is 5.52 Å². The molecule has 0 bridgehead atoms. The van der Waals surface area contributed by atoms with Gasteiger partial charge in [-0.15, -0.1) is 11.6 Å². The second-order valence-corrected chi connectivity index (χ2v) is 5.32. The van der Waals surface area contributed by atoms with Crippen LogP contribution in [0.3, 0.4) is 0 Å². The lowest BCUT2D eigenvalue weighted by molar-refractivity contribution is 0.341. The average molecular weight is 251 g/mol. The quantitative estimate of drug-likeness (QED) is 0.851. The van der Waals surface area contributed by atoms with Crippen LogP contribution in [0.15, 0.2) is 18.5 Å². The topological polar surface area (TPSA) is 42.2 Å². The third-order valence-electron chi connectivity index (χ3n) is 3.25. The molecule has 0 atom stereocenters. The summed E-state index contributed by atoms with van der Waals surface area (Å²) in [6.07, 6.45) is 5.85. The van der Waals surface area contributed by atoms with E-state index in [1.165, 1.54) is 0 Å². The van der Waals surface area contributed by atoms with Crippen molar-refractivity contribution in [1.29, 1.82) is 0 Å². The van der Waals surface area contributed by atoms with E-state index in [2.05, 4.69) is 15.4 Å². The van der Waals surface area contributed by atoms with Crippen molar-refractivity contribution < 1.29 is 0 Å². The molecule has 0 radical (unpaired) electrons. The minimum atomic E-state index is 0.378. The van der Waals surface area contributed by atoms with Crippen molar-refractivity contribution in [2.75, 3.05) is 11.9 Å². The number of anilines is 1. The Morgan fingerprint density at radius 3 is 3.12 bits per heavy atom. The lowest BCUT2D eigenvalue weighted by atomic mass is 9.85. The highest BCUT2D eigenvalue weighted by Crippen LogP contribution is 2.32. The largest absolute Gasteiger partial charge is 0.368 e. The minimum Gasteiger partial charge on any atom is -0.368 e. The summed E-state index contributed by atoms with van der Waals surface area (Å²) in [5, 5.41) is 8.13. The predicted molar refractivity (Wildman–Crippen MR) is 68.6 cm³/mol. The molecular weight excluding hydrogens is 236 g/mol. The number of fused-ring (bicyclic) bond motifs is 1. The normalized spacial score (nSPS) is 23.6. The van der Waals surface area contributed by atoms with Crippen LogP contribution in [0, 0.1) is 12.8 Å². The standard InChI is InChI=1S/C12H15ClN4/c1-8-4-11-12(14-2-3-17(11)16-8)15-7-9-5-10(13)6-9/h2-4,9-10H,5-7H2,1H3,(H,14,15). The Bertz CT molecular complexity index is 530. The average Bonchev–Trinajstić information content (AvgIpc) is 2.63. The van der Waals surface area contributed by atoms with Crippen molar-refractivity contribution >= 4 is 22.9 Å². The molecule has 4 nitrogen and oxygen atoms in total. The maximum absolute atomic E-state index is 5.97. The number of aryl methyl sites for hydroxylation is 1. The fraction of sp³-hybridized carbons (Fsp3) is 0.500. The lowest BCUT2D eigenvalue weighted by Crippen LogP contribution is -2.30. The molecule has 0 amide bonds. The van der Waals surface area contributed by atoms with E-state index in [-0.39, 0.29) is 0 Å². The van der Waals surface area contributed by atoms with Crippen LogP contribution in [0.5, 0.6) is 0 Å². The van der Waals surface area contributed by atoms with Gasteiger partial charge in [0.05, 0.1) is 5.69 Å². The molecule has 0 saturated heterocycles. The molecule has 2 aromatic heterocycles. The van der Waals surface area contributed by atoms with Crippen LogP contribution >= 0.6 is 11.6 Å². The SMILES string of the molecule is Cc1cc2c(NCC3CC(Cl)C3)nccn2n1. The van der Waals surface area contributed by atoms with E-state index in [0.717, 1.165) is 36.4 Å². The van der Waals surface area contributed by atoms with Crippen molar-refractivity contribution in [3.63, 3.8) is 0 Å². The zero-order valence-electron chi connectivity index (χ0n) is 9.73. The van der Waals surface area contributed by atoms with E-state index in [0.29, 0.717) is 11.3 Å². The fourth-order valence-electron chi connectivity index (χ4n) is 2.24. The van der Waals surface area contributed by atoms with E-state index in [1.807, 2.05) is 23.7 Å². The molecule has 1 fully saturated rings. The molecule has 17 heavy (non-hydrogen) atoms. The first kappa shape index (κ1) is 10.8. The van der Waals surface area contributed by atoms with Crippen molar-refractivity contribution in [3.8, 4) is 0 Å². The third kappa shape index (κ3) is 2.09. The molecule has 3 rings (SSSR count). The van der Waals surface area contributed by atoms with Gasteiger partial charge in [-0.2, -0.15) is 5.10 Å². The maximum Gasteiger partial charge on any atom is 0.152 e. The van der Waals surface area contributed by atoms with Crippen LogP contribution in [0.1, 0.15) is 18.5 Å². The summed E-state index contributed by atoms with van der Waals surface area (Å²) in [5.74, 6) is 1.59. The molecule has 2 aromatic rings. The summed E-state index contributed by atoms with van der Waals surface area (Å²) in [6.45, 7) is 2.93. The molecule has 0 spiro atoms. The van der Waals surface area contributed by atoms with Gasteiger partial charge in [-0.25, -0.2) is 9.50 Å². The second kappa shape index (κ2) is 4.18. The fourth-order valence-corrected chi connectivity index (χ4v) is 2.75. The van der Waals surface area contributed by atoms with Gasteiger partial charge in [0.25, 0.3) is 0 Å². The van der Waals surface area contributed by atoms with Crippen molar-refractivity contribution in [3.05, 3.63) is 24.2 Å². The zero-order valence-corrected chi connectivity index (χ0v) is 10.5. The van der Waals surface area contributed by atoms with E-state index in [4.69, 9.17) is 11.6 Å². The summed E-state index contributed by atoms with van der Waals surface area (Å²) in [7, 11) is 0. The van der Waals surface area contributed by atoms with Gasteiger partial charge < -0.3 is 5.32 Å². The van der Waals surface area contributed by atoms with E-state index < -0.39 is 0 Å². The zero-order chi connectivity index (χ0) is 11.8. The number of aromatic nitrogens is 3. The highest BCUT2D eigenvalue weighted by molar-refractivity contribution is 6.21. The number of rotatable bonds is 3. The first-order chi connectivity index (χ1) is 8.22. The molecule has 1 aliphatic carbocycles. The van der Waals surface area contributed by atoms with Gasteiger partial charge in [0.2, 0.25) is 0 Å². The Balaban J connectivity index is 1.75. The second-order valence-electron chi connectivity index (χ2n) is 4.71. The smallest absolute Gasteiger partial charge is 0.152 e. The number of nitrogens with zero attached hydrogens (tertiary/aromatic N) is 3. The Kier molecular flexibility index (Phi) is 2.67. The monoisotopic (exact) mass is 250 g/mol. The summed E-state index contributed by atoms with van der Waals surface area (Å²) in [4.78, 5) is 4.36. The predicted octanol–water partition coefficient (Wildman–Crippen LogP) is 2.47. The highest BCUT2D eigenvalue weighted by atomic mass is 35.5. The molecule has 1 N–H and O–H groups in total. The number of nitrogens with one attached hydrogen (secondary N) is 1. The number of alkyl halides is 1. The molecule has 1 saturated carbocycles. The van der Waals surface area contributed by atoms with E-state index in [1.54, 1.807) is 6.20 Å². The molecule has 90 valence electrons. The first-order valence-corrected chi connectivity index (χ1v) is 6.35. The highest BCUT2D eigenvalue weighted by Gasteiger charge is 2.26. The summed E-state index contributed by atoms with van der Waals surface area (Å²) in [5.41, 5.74) is 2.04. The van der Waals surface area contributed by atoms with Crippen molar-refractivity contribution in [1.82, 2.24) is 14.6 Å².